The fourth-order valence-corrected chi connectivity index (χ4v) is 5.26. The minimum atomic E-state index is -5.08. The number of nitrogens with zero attached hydrogens (tertiary/aromatic N) is 2. The maximum Gasteiger partial charge on any atom is 0.490 e. The van der Waals surface area contributed by atoms with Gasteiger partial charge >= 0.3 is 24.3 Å². The van der Waals surface area contributed by atoms with Gasteiger partial charge in [0.25, 0.3) is 0 Å². The summed E-state index contributed by atoms with van der Waals surface area (Å²) in [5, 5.41) is 14.2. The number of fused-ring (bicyclic) bond motifs is 1. The normalized spacial score (nSPS) is 24.3. The summed E-state index contributed by atoms with van der Waals surface area (Å²) in [5.41, 5.74) is 1.74. The predicted molar refractivity (Wildman–Crippen MR) is 127 cm³/mol. The van der Waals surface area contributed by atoms with Crippen molar-refractivity contribution in [3.8, 4) is 11.5 Å². The number of carboxylic acid groups (broad SMARTS) is 2. The molecule has 0 radical (unpaired) electrons. The molecule has 5 rings (SSSR count). The first kappa shape index (κ1) is 31.7. The maximum atomic E-state index is 10.6. The number of alkyl halides is 6. The molecule has 0 unspecified atom stereocenters. The van der Waals surface area contributed by atoms with Crippen LogP contribution in [0.15, 0.2) is 18.2 Å². The molecule has 226 valence electrons. The van der Waals surface area contributed by atoms with Crippen LogP contribution in [-0.2, 0) is 20.9 Å². The van der Waals surface area contributed by atoms with E-state index in [1.807, 2.05) is 13.2 Å². The number of aliphatic carboxylic acids is 2. The average molecular weight is 587 g/mol. The van der Waals surface area contributed by atoms with E-state index in [0.29, 0.717) is 18.1 Å². The molecule has 3 fully saturated rings. The third-order valence-corrected chi connectivity index (χ3v) is 7.26. The minimum Gasteiger partial charge on any atom is -0.475 e. The molecule has 9 nitrogen and oxygen atoms in total. The van der Waals surface area contributed by atoms with Crippen LogP contribution in [0.3, 0.4) is 0 Å². The van der Waals surface area contributed by atoms with Gasteiger partial charge in [-0.3, -0.25) is 4.90 Å². The Morgan fingerprint density at radius 2 is 1.57 bits per heavy atom. The molecule has 1 aromatic carbocycles. The molecule has 1 saturated carbocycles. The van der Waals surface area contributed by atoms with E-state index in [1.54, 1.807) is 0 Å². The molecule has 2 atom stereocenters. The Hall–Kier alpha value is -2.78. The lowest BCUT2D eigenvalue weighted by Crippen LogP contribution is -2.36. The van der Waals surface area contributed by atoms with E-state index in [2.05, 4.69) is 21.9 Å². The van der Waals surface area contributed by atoms with Crippen molar-refractivity contribution < 1.29 is 60.4 Å². The largest absolute Gasteiger partial charge is 0.490 e. The van der Waals surface area contributed by atoms with Crippen LogP contribution in [0.1, 0.15) is 24.8 Å². The summed E-state index contributed by atoms with van der Waals surface area (Å²) < 4.78 is 80.1. The SMILES string of the molecule is COC[C@H]1CN(CC2CC2)C[C@@]12CCN(Cc1ccc3c(c1)OCO3)C2.O=C(O)C(F)(F)F.O=C(O)C(F)(F)F. The Morgan fingerprint density at radius 3 is 2.12 bits per heavy atom. The standard InChI is InChI=1S/C21H30N2O3.2C2HF3O2/c1-24-12-18-11-23(9-16-2-3-16)14-21(18)6-7-22(13-21)10-17-4-5-19-20(8-17)26-15-25-19;2*3-2(4,5)1(6)7/h4-5,8,16,18H,2-3,6-7,9-15H2,1H3;2*(H,6,7)/t18-,21+;;/m1../s1. The molecule has 40 heavy (non-hydrogen) atoms. The Morgan fingerprint density at radius 1 is 1.00 bits per heavy atom. The molecule has 2 saturated heterocycles. The topological polar surface area (TPSA) is 109 Å². The zero-order valence-electron chi connectivity index (χ0n) is 21.8. The lowest BCUT2D eigenvalue weighted by atomic mass is 9.77. The highest BCUT2D eigenvalue weighted by Crippen LogP contribution is 2.46. The molecule has 1 aliphatic carbocycles. The van der Waals surface area contributed by atoms with Gasteiger partial charge in [-0.2, -0.15) is 26.3 Å². The smallest absolute Gasteiger partial charge is 0.475 e. The summed E-state index contributed by atoms with van der Waals surface area (Å²) in [5.74, 6) is -2.10. The predicted octanol–water partition coefficient (Wildman–Crippen LogP) is 3.86. The molecule has 0 aromatic heterocycles. The van der Waals surface area contributed by atoms with Crippen molar-refractivity contribution in [1.29, 1.82) is 0 Å². The van der Waals surface area contributed by atoms with Crippen LogP contribution in [0.2, 0.25) is 0 Å². The van der Waals surface area contributed by atoms with Crippen molar-refractivity contribution in [2.45, 2.75) is 38.2 Å². The first-order valence-electron chi connectivity index (χ1n) is 12.6. The molecule has 1 spiro atoms. The van der Waals surface area contributed by atoms with Crippen molar-refractivity contribution in [1.82, 2.24) is 9.80 Å². The first-order valence-corrected chi connectivity index (χ1v) is 12.6. The second-order valence-electron chi connectivity index (χ2n) is 10.4. The number of halogens is 6. The van der Waals surface area contributed by atoms with Crippen LogP contribution < -0.4 is 9.47 Å². The number of carboxylic acids is 2. The molecule has 2 N–H and O–H groups in total. The van der Waals surface area contributed by atoms with E-state index in [4.69, 9.17) is 34.0 Å². The van der Waals surface area contributed by atoms with E-state index < -0.39 is 24.3 Å². The van der Waals surface area contributed by atoms with Crippen molar-refractivity contribution in [2.24, 2.45) is 17.3 Å². The van der Waals surface area contributed by atoms with Crippen molar-refractivity contribution in [3.05, 3.63) is 23.8 Å². The molecular formula is C25H32F6N2O7. The monoisotopic (exact) mass is 586 g/mol. The highest BCUT2D eigenvalue weighted by atomic mass is 19.4. The molecule has 0 bridgehead atoms. The third kappa shape index (κ3) is 8.86. The fourth-order valence-electron chi connectivity index (χ4n) is 5.26. The summed E-state index contributed by atoms with van der Waals surface area (Å²) in [6, 6.07) is 6.37. The first-order chi connectivity index (χ1) is 18.6. The number of methoxy groups -OCH3 is 1. The Labute approximate surface area is 226 Å². The van der Waals surface area contributed by atoms with Crippen LogP contribution in [0.25, 0.3) is 0 Å². The van der Waals surface area contributed by atoms with Gasteiger partial charge in [0.2, 0.25) is 6.79 Å². The van der Waals surface area contributed by atoms with Gasteiger partial charge in [0.05, 0.1) is 6.61 Å². The van der Waals surface area contributed by atoms with Crippen molar-refractivity contribution in [3.63, 3.8) is 0 Å². The zero-order chi connectivity index (χ0) is 29.7. The van der Waals surface area contributed by atoms with Crippen LogP contribution in [-0.4, -0.2) is 97.5 Å². The summed E-state index contributed by atoms with van der Waals surface area (Å²) in [6.07, 6.45) is -5.99. The maximum absolute atomic E-state index is 10.6. The van der Waals surface area contributed by atoms with Gasteiger partial charge in [-0.1, -0.05) is 6.07 Å². The van der Waals surface area contributed by atoms with Gasteiger partial charge in [-0.15, -0.1) is 0 Å². The highest BCUT2D eigenvalue weighted by Gasteiger charge is 2.50. The molecule has 3 aliphatic heterocycles. The summed E-state index contributed by atoms with van der Waals surface area (Å²) >= 11 is 0. The molecule has 15 heteroatoms. The molecule has 4 aliphatic rings. The van der Waals surface area contributed by atoms with Crippen molar-refractivity contribution in [2.75, 3.05) is 53.2 Å². The molecule has 3 heterocycles. The summed E-state index contributed by atoms with van der Waals surface area (Å²) in [7, 11) is 1.86. The van der Waals surface area contributed by atoms with Crippen LogP contribution in [0.4, 0.5) is 26.3 Å². The minimum absolute atomic E-state index is 0.348. The summed E-state index contributed by atoms with van der Waals surface area (Å²) in [4.78, 5) is 23.1. The average Bonchev–Trinajstić information content (AvgIpc) is 3.24. The van der Waals surface area contributed by atoms with E-state index in [-0.39, 0.29) is 0 Å². The lowest BCUT2D eigenvalue weighted by Gasteiger charge is -2.30. The van der Waals surface area contributed by atoms with E-state index in [1.165, 1.54) is 57.5 Å². The van der Waals surface area contributed by atoms with Crippen LogP contribution in [0.5, 0.6) is 11.5 Å². The number of benzene rings is 1. The Balaban J connectivity index is 0.000000263. The third-order valence-electron chi connectivity index (χ3n) is 7.26. The number of likely N-dealkylation sites (tertiary alicyclic amines) is 2. The van der Waals surface area contributed by atoms with E-state index in [0.717, 1.165) is 30.6 Å². The van der Waals surface area contributed by atoms with Gasteiger partial charge in [0, 0.05) is 51.2 Å². The number of carbonyl (C=O) groups is 2. The number of rotatable bonds is 6. The zero-order valence-corrected chi connectivity index (χ0v) is 21.8. The van der Waals surface area contributed by atoms with Crippen molar-refractivity contribution >= 4 is 11.9 Å². The highest BCUT2D eigenvalue weighted by molar-refractivity contribution is 5.73. The summed E-state index contributed by atoms with van der Waals surface area (Å²) in [6.45, 7) is 8.42. The lowest BCUT2D eigenvalue weighted by molar-refractivity contribution is -0.193. The van der Waals surface area contributed by atoms with Crippen LogP contribution >= 0.6 is 0 Å². The van der Waals surface area contributed by atoms with Gasteiger partial charge in [-0.05, 0) is 49.4 Å². The Bertz CT molecular complexity index is 1010. The van der Waals surface area contributed by atoms with Gasteiger partial charge in [0.15, 0.2) is 11.5 Å². The van der Waals surface area contributed by atoms with Gasteiger partial charge < -0.3 is 29.3 Å². The Kier molecular flexibility index (Phi) is 10.2. The number of hydrogen-bond acceptors (Lipinski definition) is 7. The van der Waals surface area contributed by atoms with E-state index >= 15 is 0 Å². The second kappa shape index (κ2) is 12.8. The molecular weight excluding hydrogens is 554 g/mol. The molecule has 1 aromatic rings. The second-order valence-corrected chi connectivity index (χ2v) is 10.4. The van der Waals surface area contributed by atoms with E-state index in [9.17, 15) is 26.3 Å². The van der Waals surface area contributed by atoms with Gasteiger partial charge in [-0.25, -0.2) is 9.59 Å². The quantitative estimate of drug-likeness (QED) is 0.481. The fraction of sp³-hybridized carbons (Fsp3) is 0.680. The van der Waals surface area contributed by atoms with Gasteiger partial charge in [0.1, 0.15) is 0 Å². The number of hydrogen-bond donors (Lipinski definition) is 2. The number of ether oxygens (including phenoxy) is 3. The van der Waals surface area contributed by atoms with Crippen LogP contribution in [0, 0.1) is 17.3 Å². The molecule has 0 amide bonds.